The van der Waals surface area contributed by atoms with E-state index in [4.69, 9.17) is 11.6 Å². The number of para-hydroxylation sites is 1. The molecule has 5 heteroatoms. The zero-order valence-corrected chi connectivity index (χ0v) is 9.91. The molecule has 1 aromatic carbocycles. The Balaban J connectivity index is 2.27. The predicted octanol–water partition coefficient (Wildman–Crippen LogP) is 3.46. The standard InChI is InChI=1S/C11H13ClN2O2/c1-11(2)6-9(11)13-8-5-3-4-7(12)10(8)14(15)16/h3-5,9,13H,6H2,1-2H3. The molecule has 0 spiro atoms. The van der Waals surface area contributed by atoms with Crippen LogP contribution >= 0.6 is 11.6 Å². The summed E-state index contributed by atoms with van der Waals surface area (Å²) in [4.78, 5) is 10.4. The van der Waals surface area contributed by atoms with E-state index in [1.165, 1.54) is 6.07 Å². The fourth-order valence-electron chi connectivity index (χ4n) is 1.72. The molecule has 1 atom stereocenters. The average molecular weight is 241 g/mol. The van der Waals surface area contributed by atoms with Gasteiger partial charge < -0.3 is 5.32 Å². The summed E-state index contributed by atoms with van der Waals surface area (Å²) in [6.07, 6.45) is 1.02. The van der Waals surface area contributed by atoms with Crippen LogP contribution in [-0.2, 0) is 0 Å². The second kappa shape index (κ2) is 3.63. The molecule has 1 aliphatic rings. The molecule has 0 heterocycles. The van der Waals surface area contributed by atoms with Gasteiger partial charge in [-0.1, -0.05) is 31.5 Å². The van der Waals surface area contributed by atoms with Gasteiger partial charge in [-0.2, -0.15) is 0 Å². The molecule has 16 heavy (non-hydrogen) atoms. The summed E-state index contributed by atoms with van der Waals surface area (Å²) in [5.74, 6) is 0. The van der Waals surface area contributed by atoms with E-state index in [9.17, 15) is 10.1 Å². The highest BCUT2D eigenvalue weighted by Gasteiger charge is 2.46. The largest absolute Gasteiger partial charge is 0.376 e. The zero-order valence-electron chi connectivity index (χ0n) is 9.16. The zero-order chi connectivity index (χ0) is 11.9. The Kier molecular flexibility index (Phi) is 2.54. The number of nitro benzene ring substituents is 1. The van der Waals surface area contributed by atoms with Gasteiger partial charge in [0.15, 0.2) is 0 Å². The van der Waals surface area contributed by atoms with Crippen molar-refractivity contribution >= 4 is 23.0 Å². The van der Waals surface area contributed by atoms with E-state index in [-0.39, 0.29) is 16.1 Å². The van der Waals surface area contributed by atoms with Crippen LogP contribution in [-0.4, -0.2) is 11.0 Å². The van der Waals surface area contributed by atoms with Gasteiger partial charge in [0.25, 0.3) is 0 Å². The lowest BCUT2D eigenvalue weighted by molar-refractivity contribution is -0.383. The van der Waals surface area contributed by atoms with Crippen LogP contribution in [0.2, 0.25) is 5.02 Å². The third-order valence-corrected chi connectivity index (χ3v) is 3.32. The van der Waals surface area contributed by atoms with Crippen LogP contribution in [0.1, 0.15) is 20.3 Å². The first-order valence-electron chi connectivity index (χ1n) is 5.11. The lowest BCUT2D eigenvalue weighted by Gasteiger charge is -2.09. The number of hydrogen-bond donors (Lipinski definition) is 1. The fourth-order valence-corrected chi connectivity index (χ4v) is 1.96. The minimum atomic E-state index is -0.444. The smallest absolute Gasteiger partial charge is 0.310 e. The lowest BCUT2D eigenvalue weighted by atomic mass is 10.2. The minimum Gasteiger partial charge on any atom is -0.376 e. The molecule has 1 aromatic rings. The number of nitrogens with zero attached hydrogens (tertiary/aromatic N) is 1. The number of benzene rings is 1. The number of halogens is 1. The van der Waals surface area contributed by atoms with Crippen LogP contribution < -0.4 is 5.32 Å². The molecule has 1 fully saturated rings. The molecule has 1 N–H and O–H groups in total. The van der Waals surface area contributed by atoms with Gasteiger partial charge >= 0.3 is 5.69 Å². The first-order chi connectivity index (χ1) is 7.42. The second-order valence-corrected chi connectivity index (χ2v) is 5.19. The minimum absolute atomic E-state index is 0.0353. The SMILES string of the molecule is CC1(C)CC1Nc1cccc(Cl)c1[N+](=O)[O-]. The Bertz CT molecular complexity index is 446. The molecule has 0 aliphatic heterocycles. The Morgan fingerprint density at radius 1 is 1.56 bits per heavy atom. The van der Waals surface area contributed by atoms with Gasteiger partial charge in [-0.3, -0.25) is 10.1 Å². The van der Waals surface area contributed by atoms with Gasteiger partial charge in [-0.05, 0) is 24.0 Å². The van der Waals surface area contributed by atoms with Gasteiger partial charge in [-0.15, -0.1) is 0 Å². The molecule has 0 saturated heterocycles. The van der Waals surface area contributed by atoms with Crippen molar-refractivity contribution in [3.05, 3.63) is 33.3 Å². The third kappa shape index (κ3) is 1.97. The topological polar surface area (TPSA) is 55.2 Å². The first-order valence-corrected chi connectivity index (χ1v) is 5.49. The maximum absolute atomic E-state index is 10.9. The van der Waals surface area contributed by atoms with E-state index in [1.807, 2.05) is 0 Å². The Morgan fingerprint density at radius 2 is 2.19 bits per heavy atom. The molecule has 1 saturated carbocycles. The van der Waals surface area contributed by atoms with Crippen LogP contribution in [0.5, 0.6) is 0 Å². The molecule has 86 valence electrons. The summed E-state index contributed by atoms with van der Waals surface area (Å²) in [6, 6.07) is 5.23. The van der Waals surface area contributed by atoms with E-state index in [0.29, 0.717) is 11.7 Å². The Hall–Kier alpha value is -1.29. The van der Waals surface area contributed by atoms with E-state index in [0.717, 1.165) is 6.42 Å². The van der Waals surface area contributed by atoms with Gasteiger partial charge in [-0.25, -0.2) is 0 Å². The summed E-state index contributed by atoms with van der Waals surface area (Å²) < 4.78 is 0. The summed E-state index contributed by atoms with van der Waals surface area (Å²) in [6.45, 7) is 4.25. The maximum atomic E-state index is 10.9. The molecule has 0 radical (unpaired) electrons. The summed E-state index contributed by atoms with van der Waals surface area (Å²) in [7, 11) is 0. The molecule has 0 aromatic heterocycles. The molecule has 1 aliphatic carbocycles. The van der Waals surface area contributed by atoms with E-state index < -0.39 is 4.92 Å². The fraction of sp³-hybridized carbons (Fsp3) is 0.455. The summed E-state index contributed by atoms with van der Waals surface area (Å²) in [5.41, 5.74) is 0.691. The van der Waals surface area contributed by atoms with Crippen molar-refractivity contribution in [1.29, 1.82) is 0 Å². The van der Waals surface area contributed by atoms with Gasteiger partial charge in [0.2, 0.25) is 0 Å². The van der Waals surface area contributed by atoms with Crippen molar-refractivity contribution < 1.29 is 4.92 Å². The first kappa shape index (κ1) is 11.2. The summed E-state index contributed by atoms with van der Waals surface area (Å²) >= 11 is 5.82. The molecule has 2 rings (SSSR count). The van der Waals surface area contributed by atoms with E-state index in [2.05, 4.69) is 19.2 Å². The van der Waals surface area contributed by atoms with Crippen LogP contribution in [0.25, 0.3) is 0 Å². The highest BCUT2D eigenvalue weighted by Crippen LogP contribution is 2.48. The molecule has 0 bridgehead atoms. The van der Waals surface area contributed by atoms with Crippen LogP contribution in [0.3, 0.4) is 0 Å². The van der Waals surface area contributed by atoms with Crippen LogP contribution in [0, 0.1) is 15.5 Å². The maximum Gasteiger partial charge on any atom is 0.310 e. The molecule has 0 amide bonds. The highest BCUT2D eigenvalue weighted by atomic mass is 35.5. The van der Waals surface area contributed by atoms with Gasteiger partial charge in [0.1, 0.15) is 10.7 Å². The van der Waals surface area contributed by atoms with Crippen molar-refractivity contribution in [2.75, 3.05) is 5.32 Å². The number of anilines is 1. The van der Waals surface area contributed by atoms with Crippen molar-refractivity contribution in [3.8, 4) is 0 Å². The average Bonchev–Trinajstić information content (AvgIpc) is 2.72. The van der Waals surface area contributed by atoms with Crippen molar-refractivity contribution in [3.63, 3.8) is 0 Å². The number of rotatable bonds is 3. The van der Waals surface area contributed by atoms with Crippen LogP contribution in [0.4, 0.5) is 11.4 Å². The monoisotopic (exact) mass is 240 g/mol. The van der Waals surface area contributed by atoms with Crippen molar-refractivity contribution in [2.24, 2.45) is 5.41 Å². The third-order valence-electron chi connectivity index (χ3n) is 3.01. The number of nitro groups is 1. The molecule has 1 unspecified atom stereocenters. The van der Waals surface area contributed by atoms with Crippen LogP contribution in [0.15, 0.2) is 18.2 Å². The molecule has 4 nitrogen and oxygen atoms in total. The number of nitrogens with one attached hydrogen (secondary N) is 1. The Labute approximate surface area is 98.8 Å². The van der Waals surface area contributed by atoms with Crippen molar-refractivity contribution in [2.45, 2.75) is 26.3 Å². The Morgan fingerprint density at radius 3 is 2.69 bits per heavy atom. The summed E-state index contributed by atoms with van der Waals surface area (Å²) in [5, 5.41) is 14.2. The second-order valence-electron chi connectivity index (χ2n) is 4.78. The van der Waals surface area contributed by atoms with E-state index in [1.54, 1.807) is 12.1 Å². The predicted molar refractivity (Wildman–Crippen MR) is 63.9 cm³/mol. The van der Waals surface area contributed by atoms with Gasteiger partial charge in [0.05, 0.1) is 4.92 Å². The number of hydrogen-bond acceptors (Lipinski definition) is 3. The van der Waals surface area contributed by atoms with Gasteiger partial charge in [0, 0.05) is 6.04 Å². The molecular formula is C11H13ClN2O2. The highest BCUT2D eigenvalue weighted by molar-refractivity contribution is 6.33. The molecular weight excluding hydrogens is 228 g/mol. The van der Waals surface area contributed by atoms with Crippen molar-refractivity contribution in [1.82, 2.24) is 0 Å². The normalized spacial score (nSPS) is 21.6. The lowest BCUT2D eigenvalue weighted by Crippen LogP contribution is -2.10. The quantitative estimate of drug-likeness (QED) is 0.650. The van der Waals surface area contributed by atoms with E-state index >= 15 is 0 Å².